The number of hydrogen-bond acceptors (Lipinski definition) is 4. The van der Waals surface area contributed by atoms with Crippen molar-refractivity contribution < 1.29 is 4.74 Å². The fraction of sp³-hybridized carbons (Fsp3) is 0.467. The van der Waals surface area contributed by atoms with Gasteiger partial charge in [-0.25, -0.2) is 4.98 Å². The number of ether oxygens (including phenoxy) is 1. The van der Waals surface area contributed by atoms with E-state index in [1.165, 1.54) is 12.6 Å². The third-order valence-electron chi connectivity index (χ3n) is 2.95. The Morgan fingerprint density at radius 1 is 1.53 bits per heavy atom. The summed E-state index contributed by atoms with van der Waals surface area (Å²) >= 11 is 0. The minimum Gasteiger partial charge on any atom is -0.359 e. The van der Waals surface area contributed by atoms with Gasteiger partial charge in [0.15, 0.2) is 0 Å². The predicted octanol–water partition coefficient (Wildman–Crippen LogP) is 2.78. The second-order valence-corrected chi connectivity index (χ2v) is 4.43. The smallest absolute Gasteiger partial charge is 0.127 e. The third kappa shape index (κ3) is 3.80. The first-order valence-corrected chi connectivity index (χ1v) is 6.72. The van der Waals surface area contributed by atoms with E-state index in [1.54, 1.807) is 0 Å². The van der Waals surface area contributed by atoms with Crippen LogP contribution in [0.15, 0.2) is 12.1 Å². The molecule has 0 aliphatic carbocycles. The van der Waals surface area contributed by atoms with E-state index in [0.717, 1.165) is 31.6 Å². The van der Waals surface area contributed by atoms with Gasteiger partial charge in [0.05, 0.1) is 5.69 Å². The van der Waals surface area contributed by atoms with E-state index in [4.69, 9.17) is 10.1 Å². The Balaban J connectivity index is 2.13. The number of nitrogens with zero attached hydrogens (tertiary/aromatic N) is 1. The number of anilines is 1. The summed E-state index contributed by atoms with van der Waals surface area (Å²) in [5.41, 5.74) is 2.15. The summed E-state index contributed by atoms with van der Waals surface area (Å²) in [4.78, 5) is 4.36. The van der Waals surface area contributed by atoms with E-state index < -0.39 is 0 Å². The van der Waals surface area contributed by atoms with E-state index in [0.29, 0.717) is 11.4 Å². The van der Waals surface area contributed by atoms with E-state index in [1.807, 2.05) is 19.1 Å². The molecule has 1 aromatic heterocycles. The Bertz CT molecular complexity index is 496. The van der Waals surface area contributed by atoms with Crippen molar-refractivity contribution in [2.45, 2.75) is 38.8 Å². The highest BCUT2D eigenvalue weighted by Crippen LogP contribution is 2.18. The maximum Gasteiger partial charge on any atom is 0.127 e. The lowest BCUT2D eigenvalue weighted by Gasteiger charge is -2.24. The molecule has 1 aromatic rings. The van der Waals surface area contributed by atoms with Crippen molar-refractivity contribution in [1.29, 1.82) is 5.41 Å². The van der Waals surface area contributed by atoms with Crippen molar-refractivity contribution in [3.8, 4) is 11.8 Å². The minimum atomic E-state index is 0.0295. The molecule has 2 heterocycles. The van der Waals surface area contributed by atoms with Crippen LogP contribution < -0.4 is 5.32 Å². The maximum absolute atomic E-state index is 7.46. The lowest BCUT2D eigenvalue weighted by atomic mass is 10.1. The van der Waals surface area contributed by atoms with Crippen LogP contribution in [-0.2, 0) is 4.74 Å². The molecule has 1 saturated heterocycles. The molecule has 1 aliphatic heterocycles. The molecule has 100 valence electrons. The van der Waals surface area contributed by atoms with E-state index in [9.17, 15) is 0 Å². The van der Waals surface area contributed by atoms with Crippen LogP contribution in [-0.4, -0.2) is 24.0 Å². The normalized spacial score (nSPS) is 18.3. The Morgan fingerprint density at radius 2 is 2.42 bits per heavy atom. The average Bonchev–Trinajstić information content (AvgIpc) is 2.47. The molecule has 2 N–H and O–H groups in total. The van der Waals surface area contributed by atoms with Crippen molar-refractivity contribution in [2.24, 2.45) is 0 Å². The van der Waals surface area contributed by atoms with Gasteiger partial charge in [0.25, 0.3) is 0 Å². The Hall–Kier alpha value is -1.86. The van der Waals surface area contributed by atoms with Gasteiger partial charge in [-0.05, 0) is 37.3 Å². The number of pyridine rings is 1. The zero-order chi connectivity index (χ0) is 13.5. The summed E-state index contributed by atoms with van der Waals surface area (Å²) in [5, 5.41) is 10.8. The standard InChI is InChI=1S/C15H19N3O/c1-2-3-6-12-8-9-13(14(11-16)17-12)18-15-7-4-5-10-19-15/h8-9,11,15-16,18H,2,4-5,7,10H2,1H3. The molecule has 4 heteroatoms. The van der Waals surface area contributed by atoms with Gasteiger partial charge >= 0.3 is 0 Å². The van der Waals surface area contributed by atoms with Gasteiger partial charge in [-0.1, -0.05) is 12.8 Å². The van der Waals surface area contributed by atoms with Crippen LogP contribution in [0.25, 0.3) is 0 Å². The van der Waals surface area contributed by atoms with Crippen LogP contribution >= 0.6 is 0 Å². The van der Waals surface area contributed by atoms with Crippen LogP contribution in [0, 0.1) is 17.3 Å². The fourth-order valence-corrected chi connectivity index (χ4v) is 1.98. The molecule has 0 bridgehead atoms. The molecule has 0 radical (unpaired) electrons. The zero-order valence-electron chi connectivity index (χ0n) is 11.2. The number of hydrogen-bond donors (Lipinski definition) is 2. The molecular weight excluding hydrogens is 238 g/mol. The van der Waals surface area contributed by atoms with Gasteiger partial charge in [-0.15, -0.1) is 0 Å². The lowest BCUT2D eigenvalue weighted by Crippen LogP contribution is -2.27. The highest BCUT2D eigenvalue weighted by Gasteiger charge is 2.14. The van der Waals surface area contributed by atoms with E-state index >= 15 is 0 Å². The first-order valence-electron chi connectivity index (χ1n) is 6.72. The van der Waals surface area contributed by atoms with Crippen molar-refractivity contribution in [3.63, 3.8) is 0 Å². The molecule has 1 aliphatic rings. The van der Waals surface area contributed by atoms with E-state index in [2.05, 4.69) is 22.1 Å². The van der Waals surface area contributed by atoms with Crippen molar-refractivity contribution in [3.05, 3.63) is 23.5 Å². The van der Waals surface area contributed by atoms with Gasteiger partial charge in [-0.2, -0.15) is 0 Å². The van der Waals surface area contributed by atoms with Crippen LogP contribution in [0.4, 0.5) is 5.69 Å². The summed E-state index contributed by atoms with van der Waals surface area (Å²) < 4.78 is 5.63. The molecule has 0 saturated carbocycles. The zero-order valence-corrected chi connectivity index (χ0v) is 11.2. The highest BCUT2D eigenvalue weighted by atomic mass is 16.5. The lowest BCUT2D eigenvalue weighted by molar-refractivity contribution is 0.0343. The third-order valence-corrected chi connectivity index (χ3v) is 2.95. The monoisotopic (exact) mass is 257 g/mol. The molecular formula is C15H19N3O. The summed E-state index contributed by atoms with van der Waals surface area (Å²) in [7, 11) is 0. The van der Waals surface area contributed by atoms with Crippen LogP contribution in [0.3, 0.4) is 0 Å². The Morgan fingerprint density at radius 3 is 3.11 bits per heavy atom. The summed E-state index contributed by atoms with van der Waals surface area (Å²) in [6, 6.07) is 3.80. The summed E-state index contributed by atoms with van der Waals surface area (Å²) in [6.07, 6.45) is 5.38. The SMILES string of the molecule is CCC#Cc1ccc(NC2CCCCO2)c(C=N)n1. The molecule has 19 heavy (non-hydrogen) atoms. The average molecular weight is 257 g/mol. The molecule has 0 amide bonds. The molecule has 2 rings (SSSR count). The summed E-state index contributed by atoms with van der Waals surface area (Å²) in [6.45, 7) is 2.80. The van der Waals surface area contributed by atoms with Gasteiger partial charge in [-0.3, -0.25) is 0 Å². The van der Waals surface area contributed by atoms with Gasteiger partial charge in [0.1, 0.15) is 17.6 Å². The topological polar surface area (TPSA) is 58.0 Å². The van der Waals surface area contributed by atoms with Gasteiger partial charge in [0.2, 0.25) is 0 Å². The Labute approximate surface area is 114 Å². The van der Waals surface area contributed by atoms with Crippen LogP contribution in [0.2, 0.25) is 0 Å². The summed E-state index contributed by atoms with van der Waals surface area (Å²) in [5.74, 6) is 5.96. The molecule has 4 nitrogen and oxygen atoms in total. The fourth-order valence-electron chi connectivity index (χ4n) is 1.98. The maximum atomic E-state index is 7.46. The molecule has 1 unspecified atom stereocenters. The molecule has 0 spiro atoms. The van der Waals surface area contributed by atoms with Gasteiger partial charge in [0, 0.05) is 19.2 Å². The highest BCUT2D eigenvalue weighted by molar-refractivity contribution is 5.83. The molecule has 1 fully saturated rings. The van der Waals surface area contributed by atoms with E-state index in [-0.39, 0.29) is 6.23 Å². The second-order valence-electron chi connectivity index (χ2n) is 4.43. The van der Waals surface area contributed by atoms with Crippen molar-refractivity contribution >= 4 is 11.9 Å². The van der Waals surface area contributed by atoms with Crippen molar-refractivity contribution in [2.75, 3.05) is 11.9 Å². The second kappa shape index (κ2) is 6.91. The van der Waals surface area contributed by atoms with Gasteiger partial charge < -0.3 is 15.5 Å². The molecule has 0 aromatic carbocycles. The number of aromatic nitrogens is 1. The quantitative estimate of drug-likeness (QED) is 0.646. The Kier molecular flexibility index (Phi) is 4.93. The minimum absolute atomic E-state index is 0.0295. The van der Waals surface area contributed by atoms with Crippen LogP contribution in [0.1, 0.15) is 44.0 Å². The first kappa shape index (κ1) is 13.6. The predicted molar refractivity (Wildman–Crippen MR) is 76.5 cm³/mol. The number of nitrogens with one attached hydrogen (secondary N) is 2. The van der Waals surface area contributed by atoms with Crippen molar-refractivity contribution in [1.82, 2.24) is 4.98 Å². The number of rotatable bonds is 3. The molecule has 1 atom stereocenters. The first-order chi connectivity index (χ1) is 9.33. The van der Waals surface area contributed by atoms with Crippen LogP contribution in [0.5, 0.6) is 0 Å². The largest absolute Gasteiger partial charge is 0.359 e.